The van der Waals surface area contributed by atoms with Gasteiger partial charge in [0.15, 0.2) is 0 Å². The van der Waals surface area contributed by atoms with Gasteiger partial charge in [0, 0.05) is 24.3 Å². The number of hydrogen-bond acceptors (Lipinski definition) is 8. The first kappa shape index (κ1) is 29.5. The minimum Gasteiger partial charge on any atom is -0.495 e. The highest BCUT2D eigenvalue weighted by Gasteiger charge is 2.20. The van der Waals surface area contributed by atoms with Crippen molar-refractivity contribution in [2.45, 2.75) is 26.4 Å². The maximum absolute atomic E-state index is 11.0. The summed E-state index contributed by atoms with van der Waals surface area (Å²) in [5.74, 6) is 1.01. The largest absolute Gasteiger partial charge is 0.495 e. The Labute approximate surface area is 223 Å². The second-order valence-electron chi connectivity index (χ2n) is 7.40. The van der Waals surface area contributed by atoms with Gasteiger partial charge in [-0.1, -0.05) is 66.9 Å². The molecule has 0 bridgehead atoms. The molecular formula is C25H26Cl2N2O8. The van der Waals surface area contributed by atoms with E-state index >= 15 is 0 Å². The van der Waals surface area contributed by atoms with Crippen LogP contribution in [0.5, 0.6) is 23.0 Å². The zero-order chi connectivity index (χ0) is 27.4. The molecule has 0 aliphatic carbocycles. The third-order valence-corrected chi connectivity index (χ3v) is 5.44. The summed E-state index contributed by atoms with van der Waals surface area (Å²) in [5.41, 5.74) is 0.578. The molecule has 3 aromatic rings. The van der Waals surface area contributed by atoms with E-state index in [1.54, 1.807) is 0 Å². The molecule has 10 nitrogen and oxygen atoms in total. The van der Waals surface area contributed by atoms with E-state index in [4.69, 9.17) is 42.1 Å². The van der Waals surface area contributed by atoms with Gasteiger partial charge in [0.2, 0.25) is 11.5 Å². The van der Waals surface area contributed by atoms with Crippen molar-refractivity contribution in [3.8, 4) is 23.0 Å². The molecule has 0 saturated heterocycles. The predicted octanol–water partition coefficient (Wildman–Crippen LogP) is 7.27. The molecule has 0 amide bonds. The molecule has 0 heterocycles. The monoisotopic (exact) mass is 552 g/mol. The van der Waals surface area contributed by atoms with E-state index in [-0.39, 0.29) is 39.5 Å². The van der Waals surface area contributed by atoms with Gasteiger partial charge in [0.05, 0.1) is 40.7 Å². The number of halogens is 2. The van der Waals surface area contributed by atoms with Crippen LogP contribution in [0.15, 0.2) is 54.6 Å². The summed E-state index contributed by atoms with van der Waals surface area (Å²) in [6.45, 7) is 2.68. The van der Waals surface area contributed by atoms with Crippen LogP contribution in [-0.4, -0.2) is 30.7 Å². The molecule has 0 saturated carbocycles. The predicted molar refractivity (Wildman–Crippen MR) is 140 cm³/mol. The van der Waals surface area contributed by atoms with Crippen LogP contribution in [0.2, 0.25) is 10.0 Å². The Hall–Kier alpha value is -3.76. The molecule has 198 valence electrons. The Balaban J connectivity index is 0.000000264. The Morgan fingerprint density at radius 3 is 1.68 bits per heavy atom. The highest BCUT2D eigenvalue weighted by molar-refractivity contribution is 6.32. The fourth-order valence-corrected chi connectivity index (χ4v) is 3.41. The second kappa shape index (κ2) is 14.7. The average molecular weight is 553 g/mol. The average Bonchev–Trinajstić information content (AvgIpc) is 2.89. The van der Waals surface area contributed by atoms with Crippen molar-refractivity contribution in [3.05, 3.63) is 90.4 Å². The van der Waals surface area contributed by atoms with E-state index in [1.165, 1.54) is 38.5 Å². The molecule has 3 rings (SSSR count). The van der Waals surface area contributed by atoms with Gasteiger partial charge in [-0.2, -0.15) is 0 Å². The maximum atomic E-state index is 11.0. The van der Waals surface area contributed by atoms with Gasteiger partial charge >= 0.3 is 11.4 Å². The maximum Gasteiger partial charge on any atom is 0.312 e. The molecule has 3 aromatic carbocycles. The smallest absolute Gasteiger partial charge is 0.312 e. The first-order chi connectivity index (χ1) is 17.7. The van der Waals surface area contributed by atoms with Crippen molar-refractivity contribution in [1.29, 1.82) is 0 Å². The lowest BCUT2D eigenvalue weighted by Crippen LogP contribution is -2.01. The van der Waals surface area contributed by atoms with Gasteiger partial charge < -0.3 is 18.9 Å². The zero-order valence-corrected chi connectivity index (χ0v) is 22.0. The Morgan fingerprint density at radius 2 is 1.24 bits per heavy atom. The summed E-state index contributed by atoms with van der Waals surface area (Å²) in [5, 5.41) is 22.2. The van der Waals surface area contributed by atoms with Crippen LogP contribution in [-0.2, 0) is 6.61 Å². The van der Waals surface area contributed by atoms with Crippen molar-refractivity contribution in [2.24, 2.45) is 0 Å². The molecule has 0 radical (unpaired) electrons. The van der Waals surface area contributed by atoms with Crippen molar-refractivity contribution in [3.63, 3.8) is 0 Å². The number of nitro groups is 2. The summed E-state index contributed by atoms with van der Waals surface area (Å²) >= 11 is 11.7. The van der Waals surface area contributed by atoms with E-state index < -0.39 is 9.85 Å². The molecule has 0 fully saturated rings. The molecule has 0 aromatic heterocycles. The van der Waals surface area contributed by atoms with Crippen LogP contribution in [0.3, 0.4) is 0 Å². The summed E-state index contributed by atoms with van der Waals surface area (Å²) in [4.78, 5) is 20.8. The highest BCUT2D eigenvalue weighted by Crippen LogP contribution is 2.38. The van der Waals surface area contributed by atoms with Crippen LogP contribution < -0.4 is 18.9 Å². The summed E-state index contributed by atoms with van der Waals surface area (Å²) in [7, 11) is 2.89. The van der Waals surface area contributed by atoms with Gasteiger partial charge in [-0.05, 0) is 12.0 Å². The van der Waals surface area contributed by atoms with Gasteiger partial charge in [-0.3, -0.25) is 20.2 Å². The molecular weight excluding hydrogens is 527 g/mol. The number of ether oxygens (including phenoxy) is 4. The standard InChI is InChI=1S/C14H12ClNO4.C11H14ClNO4/c1-19-13-8-14(12(16(17)18)7-11(13)15)20-9-10-5-3-2-4-6-10;1-3-4-5-17-11-7-10(16-2)8(12)6-9(11)13(14)15/h2-8H,9H2,1H3;6-7H,3-5H2,1-2H3. The molecule has 0 spiro atoms. The van der Waals surface area contributed by atoms with E-state index in [1.807, 2.05) is 37.3 Å². The molecule has 37 heavy (non-hydrogen) atoms. The molecule has 0 unspecified atom stereocenters. The van der Waals surface area contributed by atoms with Gasteiger partial charge in [0.1, 0.15) is 18.1 Å². The second-order valence-corrected chi connectivity index (χ2v) is 8.21. The molecule has 0 N–H and O–H groups in total. The minimum atomic E-state index is -0.536. The minimum absolute atomic E-state index is 0.125. The quantitative estimate of drug-likeness (QED) is 0.138. The number of nitrogens with zero attached hydrogens (tertiary/aromatic N) is 2. The third-order valence-electron chi connectivity index (χ3n) is 4.85. The lowest BCUT2D eigenvalue weighted by atomic mass is 10.2. The van der Waals surface area contributed by atoms with Gasteiger partial charge in [0.25, 0.3) is 0 Å². The first-order valence-corrected chi connectivity index (χ1v) is 11.8. The zero-order valence-electron chi connectivity index (χ0n) is 20.4. The van der Waals surface area contributed by atoms with E-state index in [9.17, 15) is 20.2 Å². The van der Waals surface area contributed by atoms with Gasteiger partial charge in [-0.25, -0.2) is 0 Å². The van der Waals surface area contributed by atoms with Crippen LogP contribution in [0, 0.1) is 20.2 Å². The Kier molecular flexibility index (Phi) is 11.7. The number of nitro benzene ring substituents is 2. The summed E-state index contributed by atoms with van der Waals surface area (Å²) in [6, 6.07) is 14.7. The fourth-order valence-electron chi connectivity index (χ4n) is 2.94. The van der Waals surface area contributed by atoms with Crippen molar-refractivity contribution < 1.29 is 28.8 Å². The number of methoxy groups -OCH3 is 2. The molecule has 12 heteroatoms. The first-order valence-electron chi connectivity index (χ1n) is 11.0. The van der Waals surface area contributed by atoms with E-state index in [2.05, 4.69) is 0 Å². The van der Waals surface area contributed by atoms with Crippen LogP contribution in [0.4, 0.5) is 11.4 Å². The number of rotatable bonds is 11. The van der Waals surface area contributed by atoms with Crippen LogP contribution >= 0.6 is 23.2 Å². The Morgan fingerprint density at radius 1 is 0.757 bits per heavy atom. The Bertz CT molecular complexity index is 1210. The van der Waals surface area contributed by atoms with E-state index in [0.717, 1.165) is 18.4 Å². The molecule has 0 atom stereocenters. The molecule has 0 aliphatic heterocycles. The topological polar surface area (TPSA) is 123 Å². The van der Waals surface area contributed by atoms with Crippen molar-refractivity contribution in [1.82, 2.24) is 0 Å². The summed E-state index contributed by atoms with van der Waals surface area (Å²) in [6.07, 6.45) is 1.79. The number of benzene rings is 3. The van der Waals surface area contributed by atoms with Crippen LogP contribution in [0.25, 0.3) is 0 Å². The molecule has 0 aliphatic rings. The van der Waals surface area contributed by atoms with Gasteiger partial charge in [-0.15, -0.1) is 0 Å². The lowest BCUT2D eigenvalue weighted by Gasteiger charge is -2.09. The van der Waals surface area contributed by atoms with E-state index in [0.29, 0.717) is 18.1 Å². The summed E-state index contributed by atoms with van der Waals surface area (Å²) < 4.78 is 20.9. The SMILES string of the molecule is CCCCOc1cc(OC)c(Cl)cc1[N+](=O)[O-].COc1cc(OCc2ccccc2)c([N+](=O)[O-])cc1Cl. The highest BCUT2D eigenvalue weighted by atomic mass is 35.5. The third kappa shape index (κ3) is 8.69. The fraction of sp³-hybridized carbons (Fsp3) is 0.280. The van der Waals surface area contributed by atoms with Crippen molar-refractivity contribution >= 4 is 34.6 Å². The lowest BCUT2D eigenvalue weighted by molar-refractivity contribution is -0.386. The van der Waals surface area contributed by atoms with Crippen LogP contribution in [0.1, 0.15) is 25.3 Å². The normalized spacial score (nSPS) is 10.1. The number of unbranched alkanes of at least 4 members (excludes halogenated alkanes) is 1. The number of hydrogen-bond donors (Lipinski definition) is 0. The van der Waals surface area contributed by atoms with Crippen molar-refractivity contribution in [2.75, 3.05) is 20.8 Å².